The van der Waals surface area contributed by atoms with Gasteiger partial charge in [-0.15, -0.1) is 0 Å². The van der Waals surface area contributed by atoms with Crippen molar-refractivity contribution in [2.24, 2.45) is 0 Å². The normalized spacial score (nSPS) is 10.7. The van der Waals surface area contributed by atoms with Crippen molar-refractivity contribution in [1.82, 2.24) is 15.5 Å². The first kappa shape index (κ1) is 23.5. The van der Waals surface area contributed by atoms with Gasteiger partial charge in [-0.3, -0.25) is 9.89 Å². The largest absolute Gasteiger partial charge is 0.493 e. The number of rotatable bonds is 6. The summed E-state index contributed by atoms with van der Waals surface area (Å²) in [6.07, 6.45) is -4.44. The van der Waals surface area contributed by atoms with Crippen LogP contribution >= 0.6 is 0 Å². The Morgan fingerprint density at radius 1 is 1.06 bits per heavy atom. The second-order valence-corrected chi connectivity index (χ2v) is 6.64. The second-order valence-electron chi connectivity index (χ2n) is 6.64. The number of nitrogens with zero attached hydrogens (tertiary/aromatic N) is 1. The fourth-order valence-corrected chi connectivity index (χ4v) is 2.95. The lowest BCUT2D eigenvalue weighted by molar-refractivity contribution is -0.137. The summed E-state index contributed by atoms with van der Waals surface area (Å²) in [6, 6.07) is 9.59. The number of methoxy groups -OCH3 is 3. The molecule has 0 saturated carbocycles. The van der Waals surface area contributed by atoms with Gasteiger partial charge in [0.05, 0.1) is 39.1 Å². The summed E-state index contributed by atoms with van der Waals surface area (Å²) in [5, 5.41) is 9.35. The molecule has 172 valence electrons. The number of nitrogens with one attached hydrogen (secondary N) is 2. The van der Waals surface area contributed by atoms with E-state index in [9.17, 15) is 18.0 Å². The average Bonchev–Trinajstić information content (AvgIpc) is 3.31. The summed E-state index contributed by atoms with van der Waals surface area (Å²) >= 11 is 0. The Labute approximate surface area is 187 Å². The lowest BCUT2D eigenvalue weighted by atomic mass is 10.1. The zero-order valence-corrected chi connectivity index (χ0v) is 18.0. The molecule has 33 heavy (non-hydrogen) atoms. The van der Waals surface area contributed by atoms with E-state index in [4.69, 9.17) is 14.2 Å². The standard InChI is InChI=1S/C23H20F3N3O4/c1-31-19-11-15(12-20(32-2)21(19)33-3)17-13-18(29-28-17)22(30)27-9-5-7-14-6-4-8-16(10-14)23(24,25)26/h4,6,8,10-13H,9H2,1-3H3,(H,27,30)(H,28,29). The van der Waals surface area contributed by atoms with Crippen molar-refractivity contribution in [3.63, 3.8) is 0 Å². The molecule has 1 aromatic heterocycles. The molecule has 1 heterocycles. The van der Waals surface area contributed by atoms with Crippen LogP contribution in [0.15, 0.2) is 42.5 Å². The van der Waals surface area contributed by atoms with Crippen molar-refractivity contribution < 1.29 is 32.2 Å². The SMILES string of the molecule is COc1cc(-c2cc(C(=O)NCC#Cc3cccc(C(F)(F)F)c3)[nH]n2)cc(OC)c1OC. The number of amides is 1. The van der Waals surface area contributed by atoms with E-state index in [0.29, 0.717) is 28.5 Å². The van der Waals surface area contributed by atoms with Crippen molar-refractivity contribution in [3.05, 3.63) is 59.3 Å². The first-order valence-corrected chi connectivity index (χ1v) is 9.57. The van der Waals surface area contributed by atoms with E-state index in [1.54, 1.807) is 12.1 Å². The summed E-state index contributed by atoms with van der Waals surface area (Å²) in [6.45, 7) is -0.0619. The maximum Gasteiger partial charge on any atom is 0.416 e. The Hall–Kier alpha value is -4.13. The fourth-order valence-electron chi connectivity index (χ4n) is 2.95. The van der Waals surface area contributed by atoms with Crippen LogP contribution in [-0.4, -0.2) is 44.0 Å². The van der Waals surface area contributed by atoms with Gasteiger partial charge in [0.25, 0.3) is 5.91 Å². The quantitative estimate of drug-likeness (QED) is 0.546. The number of H-pyrrole nitrogens is 1. The Bertz CT molecular complexity index is 1180. The molecule has 2 N–H and O–H groups in total. The summed E-state index contributed by atoms with van der Waals surface area (Å²) in [5.74, 6) is 6.06. The van der Waals surface area contributed by atoms with Gasteiger partial charge in [0.15, 0.2) is 11.5 Å². The molecular formula is C23H20F3N3O4. The predicted octanol–water partition coefficient (Wildman–Crippen LogP) is 3.90. The highest BCUT2D eigenvalue weighted by Crippen LogP contribution is 2.40. The zero-order chi connectivity index (χ0) is 24.0. The Morgan fingerprint density at radius 3 is 2.36 bits per heavy atom. The number of halogens is 3. The first-order chi connectivity index (χ1) is 15.8. The van der Waals surface area contributed by atoms with Gasteiger partial charge in [-0.05, 0) is 36.4 Å². The van der Waals surface area contributed by atoms with Crippen molar-refractivity contribution in [1.29, 1.82) is 0 Å². The van der Waals surface area contributed by atoms with Crippen LogP contribution in [0.1, 0.15) is 21.6 Å². The Morgan fingerprint density at radius 2 is 1.76 bits per heavy atom. The van der Waals surface area contributed by atoms with E-state index in [-0.39, 0.29) is 17.8 Å². The third-order valence-corrected chi connectivity index (χ3v) is 4.54. The maximum atomic E-state index is 12.8. The number of aromatic amines is 1. The summed E-state index contributed by atoms with van der Waals surface area (Å²) < 4.78 is 54.2. The topological polar surface area (TPSA) is 85.5 Å². The molecule has 0 aliphatic rings. The van der Waals surface area contributed by atoms with Crippen LogP contribution in [0.25, 0.3) is 11.3 Å². The zero-order valence-electron chi connectivity index (χ0n) is 18.0. The van der Waals surface area contributed by atoms with E-state index in [0.717, 1.165) is 12.1 Å². The number of carbonyl (C=O) groups excluding carboxylic acids is 1. The number of aromatic nitrogens is 2. The molecule has 0 aliphatic carbocycles. The smallest absolute Gasteiger partial charge is 0.416 e. The van der Waals surface area contributed by atoms with Gasteiger partial charge in [-0.25, -0.2) is 0 Å². The lowest BCUT2D eigenvalue weighted by Crippen LogP contribution is -2.23. The number of ether oxygens (including phenoxy) is 3. The molecule has 0 atom stereocenters. The first-order valence-electron chi connectivity index (χ1n) is 9.57. The van der Waals surface area contributed by atoms with Crippen LogP contribution in [0.5, 0.6) is 17.2 Å². The summed E-state index contributed by atoms with van der Waals surface area (Å²) in [5.41, 5.74) is 0.693. The molecule has 10 heteroatoms. The van der Waals surface area contributed by atoms with Gasteiger partial charge in [-0.1, -0.05) is 17.9 Å². The highest BCUT2D eigenvalue weighted by Gasteiger charge is 2.30. The summed E-state index contributed by atoms with van der Waals surface area (Å²) in [4.78, 5) is 12.4. The van der Waals surface area contributed by atoms with Crippen LogP contribution < -0.4 is 19.5 Å². The molecule has 0 bridgehead atoms. The minimum atomic E-state index is -4.44. The molecule has 3 aromatic rings. The maximum absolute atomic E-state index is 12.8. The fraction of sp³-hybridized carbons (Fsp3) is 0.217. The predicted molar refractivity (Wildman–Crippen MR) is 114 cm³/mol. The van der Waals surface area contributed by atoms with Gasteiger partial charge >= 0.3 is 6.18 Å². The van der Waals surface area contributed by atoms with Crippen LogP contribution in [0.3, 0.4) is 0 Å². The molecule has 3 rings (SSSR count). The Balaban J connectivity index is 1.69. The monoisotopic (exact) mass is 459 g/mol. The number of carbonyl (C=O) groups is 1. The molecular weight excluding hydrogens is 439 g/mol. The number of hydrogen-bond donors (Lipinski definition) is 2. The van der Waals surface area contributed by atoms with E-state index < -0.39 is 17.6 Å². The number of hydrogen-bond acceptors (Lipinski definition) is 5. The molecule has 0 spiro atoms. The molecule has 0 unspecified atom stereocenters. The van der Waals surface area contributed by atoms with Gasteiger partial charge < -0.3 is 19.5 Å². The van der Waals surface area contributed by atoms with Gasteiger partial charge in [0.2, 0.25) is 5.75 Å². The van der Waals surface area contributed by atoms with Gasteiger partial charge in [0.1, 0.15) is 5.69 Å². The van der Waals surface area contributed by atoms with E-state index in [1.165, 1.54) is 39.5 Å². The minimum Gasteiger partial charge on any atom is -0.493 e. The van der Waals surface area contributed by atoms with Crippen LogP contribution in [0.4, 0.5) is 13.2 Å². The van der Waals surface area contributed by atoms with Crippen LogP contribution in [-0.2, 0) is 6.18 Å². The Kier molecular flexibility index (Phi) is 7.13. The van der Waals surface area contributed by atoms with E-state index in [1.807, 2.05) is 0 Å². The molecule has 1 amide bonds. The highest BCUT2D eigenvalue weighted by atomic mass is 19.4. The van der Waals surface area contributed by atoms with Crippen LogP contribution in [0, 0.1) is 11.8 Å². The average molecular weight is 459 g/mol. The lowest BCUT2D eigenvalue weighted by Gasteiger charge is -2.13. The van der Waals surface area contributed by atoms with Gasteiger partial charge in [-0.2, -0.15) is 18.3 Å². The van der Waals surface area contributed by atoms with E-state index in [2.05, 4.69) is 27.4 Å². The molecule has 0 radical (unpaired) electrons. The minimum absolute atomic E-state index is 0.0619. The third-order valence-electron chi connectivity index (χ3n) is 4.54. The molecule has 0 saturated heterocycles. The number of benzene rings is 2. The van der Waals surface area contributed by atoms with Crippen molar-refractivity contribution in [2.45, 2.75) is 6.18 Å². The summed E-state index contributed by atoms with van der Waals surface area (Å²) in [7, 11) is 4.47. The molecule has 2 aromatic carbocycles. The van der Waals surface area contributed by atoms with Crippen molar-refractivity contribution in [3.8, 4) is 40.3 Å². The number of alkyl halides is 3. The molecule has 0 fully saturated rings. The van der Waals surface area contributed by atoms with E-state index >= 15 is 0 Å². The second kappa shape index (κ2) is 9.99. The highest BCUT2D eigenvalue weighted by molar-refractivity contribution is 5.93. The van der Waals surface area contributed by atoms with Crippen molar-refractivity contribution >= 4 is 5.91 Å². The molecule has 7 nitrogen and oxygen atoms in total. The third kappa shape index (κ3) is 5.57. The van der Waals surface area contributed by atoms with Gasteiger partial charge in [0, 0.05) is 11.1 Å². The van der Waals surface area contributed by atoms with Crippen LogP contribution in [0.2, 0.25) is 0 Å². The molecule has 0 aliphatic heterocycles. The van der Waals surface area contributed by atoms with Crippen molar-refractivity contribution in [2.75, 3.05) is 27.9 Å².